The first-order valence-corrected chi connectivity index (χ1v) is 11.7. The van der Waals surface area contributed by atoms with Crippen molar-refractivity contribution < 1.29 is 19.4 Å². The lowest BCUT2D eigenvalue weighted by Crippen LogP contribution is -2.28. The molecular formula is C23H25ClN4O4S. The Morgan fingerprint density at radius 2 is 1.91 bits per heavy atom. The fraction of sp³-hybridized carbons (Fsp3) is 0.261. The van der Waals surface area contributed by atoms with E-state index in [0.717, 1.165) is 5.56 Å². The van der Waals surface area contributed by atoms with Crippen LogP contribution >= 0.6 is 23.4 Å². The maximum atomic E-state index is 12.5. The van der Waals surface area contributed by atoms with E-state index in [1.54, 1.807) is 28.8 Å². The van der Waals surface area contributed by atoms with E-state index in [9.17, 15) is 14.7 Å². The molecule has 0 aliphatic heterocycles. The number of hydrogen-bond acceptors (Lipinski definition) is 6. The minimum atomic E-state index is -0.272. The number of rotatable bonds is 11. The molecule has 0 spiro atoms. The molecule has 0 saturated carbocycles. The van der Waals surface area contributed by atoms with Gasteiger partial charge in [-0.1, -0.05) is 47.6 Å². The zero-order valence-electron chi connectivity index (χ0n) is 18.1. The maximum absolute atomic E-state index is 12.5. The first-order valence-electron chi connectivity index (χ1n) is 10.3. The molecule has 0 unspecified atom stereocenters. The highest BCUT2D eigenvalue weighted by atomic mass is 35.5. The second-order valence-electron chi connectivity index (χ2n) is 6.95. The summed E-state index contributed by atoms with van der Waals surface area (Å²) in [5, 5.41) is 16.4. The van der Waals surface area contributed by atoms with Gasteiger partial charge in [0.1, 0.15) is 12.3 Å². The first kappa shape index (κ1) is 24.6. The summed E-state index contributed by atoms with van der Waals surface area (Å²) in [5.74, 6) is 0.197. The number of hydrogen-bond donors (Lipinski definition) is 3. The molecule has 0 atom stereocenters. The van der Waals surface area contributed by atoms with E-state index in [0.29, 0.717) is 40.5 Å². The minimum absolute atomic E-state index is 0.0272. The second-order valence-corrected chi connectivity index (χ2v) is 8.32. The summed E-state index contributed by atoms with van der Waals surface area (Å²) < 4.78 is 7.13. The van der Waals surface area contributed by atoms with Crippen molar-refractivity contribution in [2.24, 2.45) is 0 Å². The largest absolute Gasteiger partial charge is 0.492 e. The van der Waals surface area contributed by atoms with E-state index in [1.165, 1.54) is 18.0 Å². The highest BCUT2D eigenvalue weighted by Gasteiger charge is 2.16. The monoisotopic (exact) mass is 488 g/mol. The number of anilines is 1. The summed E-state index contributed by atoms with van der Waals surface area (Å²) >= 11 is 7.06. The molecule has 0 radical (unpaired) electrons. The number of ether oxygens (including phenoxy) is 1. The van der Waals surface area contributed by atoms with Gasteiger partial charge < -0.3 is 25.0 Å². The number of benzene rings is 2. The summed E-state index contributed by atoms with van der Waals surface area (Å²) in [4.78, 5) is 29.2. The van der Waals surface area contributed by atoms with Crippen LogP contribution in [0.25, 0.3) is 0 Å². The molecule has 0 aliphatic carbocycles. The number of para-hydroxylation sites is 2. The summed E-state index contributed by atoms with van der Waals surface area (Å²) in [6.45, 7) is 2.41. The predicted octanol–water partition coefficient (Wildman–Crippen LogP) is 3.47. The van der Waals surface area contributed by atoms with Crippen LogP contribution in [0.3, 0.4) is 0 Å². The van der Waals surface area contributed by atoms with Crippen molar-refractivity contribution in [2.75, 3.05) is 17.7 Å². The molecule has 2 amide bonds. The van der Waals surface area contributed by atoms with E-state index in [1.807, 2.05) is 31.2 Å². The number of imidazole rings is 1. The number of nitrogens with one attached hydrogen (secondary N) is 2. The zero-order chi connectivity index (χ0) is 23.6. The Kier molecular flexibility index (Phi) is 9.17. The van der Waals surface area contributed by atoms with Crippen LogP contribution in [0.2, 0.25) is 5.02 Å². The molecule has 0 fully saturated rings. The molecule has 2 aromatic carbocycles. The molecule has 0 saturated heterocycles. The van der Waals surface area contributed by atoms with Gasteiger partial charge in [-0.2, -0.15) is 0 Å². The molecular weight excluding hydrogens is 464 g/mol. The van der Waals surface area contributed by atoms with Crippen LogP contribution in [0, 0.1) is 0 Å². The highest BCUT2D eigenvalue weighted by molar-refractivity contribution is 7.99. The highest BCUT2D eigenvalue weighted by Crippen LogP contribution is 2.25. The van der Waals surface area contributed by atoms with Crippen LogP contribution in [0.5, 0.6) is 5.75 Å². The quantitative estimate of drug-likeness (QED) is 0.357. The Balaban J connectivity index is 1.58. The van der Waals surface area contributed by atoms with Gasteiger partial charge in [0.25, 0.3) is 0 Å². The van der Waals surface area contributed by atoms with Gasteiger partial charge in [-0.05, 0) is 36.8 Å². The number of aliphatic hydroxyl groups excluding tert-OH is 1. The molecule has 33 heavy (non-hydrogen) atoms. The smallest absolute Gasteiger partial charge is 0.240 e. The molecule has 0 aliphatic rings. The van der Waals surface area contributed by atoms with Gasteiger partial charge in [-0.3, -0.25) is 9.59 Å². The van der Waals surface area contributed by atoms with Crippen molar-refractivity contribution in [1.82, 2.24) is 14.9 Å². The van der Waals surface area contributed by atoms with Crippen LogP contribution in [0.15, 0.2) is 59.9 Å². The van der Waals surface area contributed by atoms with E-state index < -0.39 is 0 Å². The number of thioether (sulfide) groups is 1. The number of amides is 2. The normalized spacial score (nSPS) is 10.6. The number of nitrogens with zero attached hydrogens (tertiary/aromatic N) is 2. The Hall–Kier alpha value is -3.01. The molecule has 3 aromatic rings. The van der Waals surface area contributed by atoms with E-state index in [2.05, 4.69) is 15.6 Å². The van der Waals surface area contributed by atoms with Crippen molar-refractivity contribution in [2.45, 2.75) is 31.8 Å². The van der Waals surface area contributed by atoms with Crippen molar-refractivity contribution in [3.05, 3.63) is 71.0 Å². The molecule has 1 aromatic heterocycles. The molecule has 0 bridgehead atoms. The standard InChI is InChI=1S/C23H25ClN4O4S/c1-2-32-20-6-4-3-5-19(20)27-22(31)15-33-23-26-12-18(14-29)28(23)13-21(30)25-11-16-7-9-17(24)10-8-16/h3-10,12,29H,2,11,13-15H2,1H3,(H,25,30)(H,27,31). The topological polar surface area (TPSA) is 105 Å². The maximum Gasteiger partial charge on any atom is 0.240 e. The number of carbonyl (C=O) groups is 2. The summed E-state index contributed by atoms with van der Waals surface area (Å²) in [7, 11) is 0. The van der Waals surface area contributed by atoms with Gasteiger partial charge in [0.2, 0.25) is 11.8 Å². The lowest BCUT2D eigenvalue weighted by molar-refractivity contribution is -0.122. The van der Waals surface area contributed by atoms with Crippen molar-refractivity contribution in [3.8, 4) is 5.75 Å². The van der Waals surface area contributed by atoms with Crippen LogP contribution in [-0.2, 0) is 29.3 Å². The lowest BCUT2D eigenvalue weighted by atomic mass is 10.2. The van der Waals surface area contributed by atoms with Crippen LogP contribution < -0.4 is 15.4 Å². The Morgan fingerprint density at radius 1 is 1.15 bits per heavy atom. The van der Waals surface area contributed by atoms with Gasteiger partial charge in [0.05, 0.1) is 36.5 Å². The molecule has 3 rings (SSSR count). The predicted molar refractivity (Wildman–Crippen MR) is 128 cm³/mol. The van der Waals surface area contributed by atoms with Crippen molar-refractivity contribution in [1.29, 1.82) is 0 Å². The summed E-state index contributed by atoms with van der Waals surface area (Å²) in [6.07, 6.45) is 1.50. The third kappa shape index (κ3) is 7.24. The van der Waals surface area contributed by atoms with Gasteiger partial charge >= 0.3 is 0 Å². The summed E-state index contributed by atoms with van der Waals surface area (Å²) in [5.41, 5.74) is 1.99. The van der Waals surface area contributed by atoms with Crippen LogP contribution in [0.4, 0.5) is 5.69 Å². The number of aromatic nitrogens is 2. The minimum Gasteiger partial charge on any atom is -0.492 e. The van der Waals surface area contributed by atoms with Crippen molar-refractivity contribution >= 4 is 40.9 Å². The fourth-order valence-electron chi connectivity index (χ4n) is 2.97. The lowest BCUT2D eigenvalue weighted by Gasteiger charge is -2.12. The summed E-state index contributed by atoms with van der Waals surface area (Å²) in [6, 6.07) is 14.4. The van der Waals surface area contributed by atoms with E-state index in [4.69, 9.17) is 16.3 Å². The van der Waals surface area contributed by atoms with E-state index in [-0.39, 0.29) is 30.7 Å². The van der Waals surface area contributed by atoms with Crippen LogP contribution in [-0.4, -0.2) is 38.8 Å². The Bertz CT molecular complexity index is 1090. The van der Waals surface area contributed by atoms with Crippen molar-refractivity contribution in [3.63, 3.8) is 0 Å². The third-order valence-electron chi connectivity index (χ3n) is 4.56. The Morgan fingerprint density at radius 3 is 2.64 bits per heavy atom. The average Bonchev–Trinajstić information content (AvgIpc) is 3.20. The SMILES string of the molecule is CCOc1ccccc1NC(=O)CSc1ncc(CO)n1CC(=O)NCc1ccc(Cl)cc1. The first-order chi connectivity index (χ1) is 16.0. The Labute approximate surface area is 201 Å². The molecule has 1 heterocycles. The second kappa shape index (κ2) is 12.3. The molecule has 10 heteroatoms. The zero-order valence-corrected chi connectivity index (χ0v) is 19.7. The molecule has 174 valence electrons. The van der Waals surface area contributed by atoms with Gasteiger partial charge in [-0.25, -0.2) is 4.98 Å². The van der Waals surface area contributed by atoms with Crippen LogP contribution in [0.1, 0.15) is 18.2 Å². The van der Waals surface area contributed by atoms with Gasteiger partial charge in [0.15, 0.2) is 5.16 Å². The fourth-order valence-corrected chi connectivity index (χ4v) is 3.90. The van der Waals surface area contributed by atoms with E-state index >= 15 is 0 Å². The number of aliphatic hydroxyl groups is 1. The molecule has 3 N–H and O–H groups in total. The van der Waals surface area contributed by atoms with Gasteiger partial charge in [-0.15, -0.1) is 0 Å². The number of halogens is 1. The number of carbonyl (C=O) groups excluding carboxylic acids is 2. The average molecular weight is 489 g/mol. The van der Waals surface area contributed by atoms with Gasteiger partial charge in [0, 0.05) is 11.6 Å². The third-order valence-corrected chi connectivity index (χ3v) is 5.80. The molecule has 8 nitrogen and oxygen atoms in total.